The predicted molar refractivity (Wildman–Crippen MR) is 120 cm³/mol. The van der Waals surface area contributed by atoms with Crippen LogP contribution in [-0.4, -0.2) is 24.0 Å². The lowest BCUT2D eigenvalue weighted by Gasteiger charge is -2.10. The van der Waals surface area contributed by atoms with Crippen LogP contribution >= 0.6 is 44.1 Å². The molecule has 6 nitrogen and oxygen atoms in total. The first-order valence-corrected chi connectivity index (χ1v) is 10.0. The summed E-state index contributed by atoms with van der Waals surface area (Å²) in [6, 6.07) is 12.8. The maximum Gasteiger partial charge on any atom is 0.250 e. The summed E-state index contributed by atoms with van der Waals surface area (Å²) in [5.41, 5.74) is 6.56. The molecule has 0 atom stereocenters. The fourth-order valence-corrected chi connectivity index (χ4v) is 3.65. The number of carbonyl (C=O) groups is 2. The van der Waals surface area contributed by atoms with Gasteiger partial charge in [-0.2, -0.15) is 0 Å². The first-order valence-electron chi connectivity index (χ1n) is 8.02. The van der Waals surface area contributed by atoms with Crippen LogP contribution in [0.5, 0.6) is 5.75 Å². The van der Waals surface area contributed by atoms with Gasteiger partial charge in [0.05, 0.1) is 13.5 Å². The molecule has 0 bridgehead atoms. The van der Waals surface area contributed by atoms with Crippen LogP contribution in [0, 0.1) is 0 Å². The van der Waals surface area contributed by atoms with E-state index in [1.807, 2.05) is 24.3 Å². The molecule has 2 rings (SSSR count). The van der Waals surface area contributed by atoms with Gasteiger partial charge in [0.25, 0.3) is 0 Å². The lowest BCUT2D eigenvalue weighted by atomic mass is 10.1. The lowest BCUT2D eigenvalue weighted by molar-refractivity contribution is -0.121. The number of carbonyl (C=O) groups excluding carboxylic acids is 2. The van der Waals surface area contributed by atoms with E-state index in [4.69, 9.17) is 17.0 Å². The quantitative estimate of drug-likeness (QED) is 0.316. The molecular weight excluding hydrogens is 510 g/mol. The zero-order valence-electron chi connectivity index (χ0n) is 14.8. The van der Waals surface area contributed by atoms with Crippen LogP contribution in [-0.2, 0) is 16.0 Å². The molecule has 2 aromatic carbocycles. The van der Waals surface area contributed by atoms with E-state index in [0.717, 1.165) is 20.1 Å². The van der Waals surface area contributed by atoms with Crippen molar-refractivity contribution >= 4 is 67.1 Å². The topological polar surface area (TPSA) is 79.5 Å². The van der Waals surface area contributed by atoms with Crippen molar-refractivity contribution in [1.82, 2.24) is 16.2 Å². The van der Waals surface area contributed by atoms with E-state index in [0.29, 0.717) is 5.75 Å². The third kappa shape index (κ3) is 7.79. The number of hydrogen-bond acceptors (Lipinski definition) is 4. The number of rotatable bonds is 5. The minimum atomic E-state index is -0.421. The Morgan fingerprint density at radius 3 is 2.50 bits per heavy atom. The number of thiocarbonyl (C=S) groups is 1. The SMILES string of the molecule is COc1cccc(CC(=O)NNC(=S)NC(=O)/C=C/c2cc(Br)cc(Br)c2)c1. The van der Waals surface area contributed by atoms with E-state index in [1.165, 1.54) is 6.08 Å². The number of ether oxygens (including phenoxy) is 1. The Labute approximate surface area is 185 Å². The highest BCUT2D eigenvalue weighted by atomic mass is 79.9. The first kappa shape index (κ1) is 22.1. The van der Waals surface area contributed by atoms with Crippen LogP contribution < -0.4 is 20.9 Å². The van der Waals surface area contributed by atoms with Gasteiger partial charge in [0.15, 0.2) is 5.11 Å². The average molecular weight is 527 g/mol. The molecule has 0 heterocycles. The minimum Gasteiger partial charge on any atom is -0.497 e. The third-order valence-electron chi connectivity index (χ3n) is 3.36. The molecule has 0 aliphatic rings. The zero-order valence-corrected chi connectivity index (χ0v) is 18.8. The van der Waals surface area contributed by atoms with Gasteiger partial charge in [-0.3, -0.25) is 25.8 Å². The van der Waals surface area contributed by atoms with Gasteiger partial charge in [-0.1, -0.05) is 44.0 Å². The number of halogens is 2. The highest BCUT2D eigenvalue weighted by Crippen LogP contribution is 2.20. The highest BCUT2D eigenvalue weighted by Gasteiger charge is 2.06. The summed E-state index contributed by atoms with van der Waals surface area (Å²) in [6.07, 6.45) is 3.13. The molecule has 28 heavy (non-hydrogen) atoms. The standard InChI is InChI=1S/C19H17Br2N3O3S/c1-27-16-4-2-3-12(9-16)10-18(26)23-24-19(28)22-17(25)6-5-13-7-14(20)11-15(21)8-13/h2-9,11H,10H2,1H3,(H,23,26)(H2,22,24,25,28)/b6-5+. The third-order valence-corrected chi connectivity index (χ3v) is 4.48. The van der Waals surface area contributed by atoms with Gasteiger partial charge in [0.2, 0.25) is 11.8 Å². The van der Waals surface area contributed by atoms with Crippen molar-refractivity contribution in [2.24, 2.45) is 0 Å². The van der Waals surface area contributed by atoms with Crippen LogP contribution in [0.15, 0.2) is 57.5 Å². The molecule has 3 N–H and O–H groups in total. The summed E-state index contributed by atoms with van der Waals surface area (Å²) in [4.78, 5) is 23.9. The number of hydrogen-bond donors (Lipinski definition) is 3. The Morgan fingerprint density at radius 1 is 1.11 bits per heavy atom. The van der Waals surface area contributed by atoms with Gasteiger partial charge >= 0.3 is 0 Å². The summed E-state index contributed by atoms with van der Waals surface area (Å²) in [7, 11) is 1.56. The molecule has 0 radical (unpaired) electrons. The van der Waals surface area contributed by atoms with Gasteiger partial charge in [-0.05, 0) is 59.8 Å². The number of benzene rings is 2. The molecule has 0 saturated heterocycles. The zero-order chi connectivity index (χ0) is 20.5. The van der Waals surface area contributed by atoms with Gasteiger partial charge in [-0.15, -0.1) is 0 Å². The Kier molecular flexibility index (Phi) is 8.62. The lowest BCUT2D eigenvalue weighted by Crippen LogP contribution is -2.48. The summed E-state index contributed by atoms with van der Waals surface area (Å²) < 4.78 is 6.89. The van der Waals surface area contributed by atoms with E-state index in [2.05, 4.69) is 48.0 Å². The molecule has 9 heteroatoms. The van der Waals surface area contributed by atoms with E-state index in [-0.39, 0.29) is 17.4 Å². The van der Waals surface area contributed by atoms with E-state index in [1.54, 1.807) is 31.4 Å². The maximum atomic E-state index is 12.0. The fourth-order valence-electron chi connectivity index (χ4n) is 2.17. The Hall–Kier alpha value is -2.23. The van der Waals surface area contributed by atoms with Crippen molar-refractivity contribution in [2.75, 3.05) is 7.11 Å². The largest absolute Gasteiger partial charge is 0.497 e. The second kappa shape index (κ2) is 10.9. The number of methoxy groups -OCH3 is 1. The average Bonchev–Trinajstić information content (AvgIpc) is 2.64. The van der Waals surface area contributed by atoms with Crippen LogP contribution in [0.25, 0.3) is 6.08 Å². The maximum absolute atomic E-state index is 12.0. The van der Waals surface area contributed by atoms with E-state index < -0.39 is 5.91 Å². The first-order chi connectivity index (χ1) is 13.4. The molecule has 0 aliphatic heterocycles. The van der Waals surface area contributed by atoms with Crippen molar-refractivity contribution in [3.8, 4) is 5.75 Å². The van der Waals surface area contributed by atoms with Crippen LogP contribution in [0.3, 0.4) is 0 Å². The van der Waals surface area contributed by atoms with Crippen molar-refractivity contribution in [3.05, 3.63) is 68.6 Å². The van der Waals surface area contributed by atoms with Crippen molar-refractivity contribution in [1.29, 1.82) is 0 Å². The van der Waals surface area contributed by atoms with E-state index >= 15 is 0 Å². The molecule has 0 aromatic heterocycles. The molecule has 0 unspecified atom stereocenters. The second-order valence-corrected chi connectivity index (χ2v) is 7.80. The summed E-state index contributed by atoms with van der Waals surface area (Å²) in [6.45, 7) is 0. The molecule has 146 valence electrons. The predicted octanol–water partition coefficient (Wildman–Crippen LogP) is 3.50. The highest BCUT2D eigenvalue weighted by molar-refractivity contribution is 9.11. The normalized spacial score (nSPS) is 10.4. The molecule has 0 fully saturated rings. The van der Waals surface area contributed by atoms with Gasteiger partial charge < -0.3 is 4.74 Å². The number of amides is 2. The summed E-state index contributed by atoms with van der Waals surface area (Å²) >= 11 is 11.8. The monoisotopic (exact) mass is 525 g/mol. The van der Waals surface area contributed by atoms with E-state index in [9.17, 15) is 9.59 Å². The number of hydrazine groups is 1. The molecule has 2 aromatic rings. The molecule has 0 saturated carbocycles. The van der Waals surface area contributed by atoms with Gasteiger partial charge in [0.1, 0.15) is 5.75 Å². The smallest absolute Gasteiger partial charge is 0.250 e. The molecular formula is C19H17Br2N3O3S. The fraction of sp³-hybridized carbons (Fsp3) is 0.105. The Bertz CT molecular complexity index is 899. The van der Waals surface area contributed by atoms with Crippen molar-refractivity contribution in [3.63, 3.8) is 0 Å². The minimum absolute atomic E-state index is 0.0101. The second-order valence-electron chi connectivity index (χ2n) is 5.56. The Morgan fingerprint density at radius 2 is 1.82 bits per heavy atom. The van der Waals surface area contributed by atoms with Crippen LogP contribution in [0.1, 0.15) is 11.1 Å². The van der Waals surface area contributed by atoms with Gasteiger partial charge in [-0.25, -0.2) is 0 Å². The molecule has 2 amide bonds. The van der Waals surface area contributed by atoms with Gasteiger partial charge in [0, 0.05) is 15.0 Å². The van der Waals surface area contributed by atoms with Crippen LogP contribution in [0.4, 0.5) is 0 Å². The molecule has 0 aliphatic carbocycles. The van der Waals surface area contributed by atoms with Crippen LogP contribution in [0.2, 0.25) is 0 Å². The molecule has 0 spiro atoms. The van der Waals surface area contributed by atoms with Crippen molar-refractivity contribution < 1.29 is 14.3 Å². The number of nitrogens with one attached hydrogen (secondary N) is 3. The summed E-state index contributed by atoms with van der Waals surface area (Å²) in [5, 5.41) is 2.44. The summed E-state index contributed by atoms with van der Waals surface area (Å²) in [5.74, 6) is -0.0553. The Balaban J connectivity index is 1.78. The van der Waals surface area contributed by atoms with Crippen molar-refractivity contribution in [2.45, 2.75) is 6.42 Å².